The first-order valence-corrected chi connectivity index (χ1v) is 4.85. The van der Waals surface area contributed by atoms with Gasteiger partial charge in [-0.05, 0) is 12.5 Å². The van der Waals surface area contributed by atoms with Crippen LogP contribution in [0, 0.1) is 13.8 Å². The van der Waals surface area contributed by atoms with Crippen molar-refractivity contribution in [3.8, 4) is 11.3 Å². The number of aliphatic hydroxyl groups excluding tert-OH is 1. The van der Waals surface area contributed by atoms with Gasteiger partial charge >= 0.3 is 0 Å². The number of hydrogen-bond acceptors (Lipinski definition) is 3. The molecule has 15 heavy (non-hydrogen) atoms. The molecule has 0 atom stereocenters. The summed E-state index contributed by atoms with van der Waals surface area (Å²) in [4.78, 5) is 4.21. The Bertz CT molecular complexity index is 457. The third-order valence-corrected chi connectivity index (χ3v) is 2.30. The van der Waals surface area contributed by atoms with Gasteiger partial charge in [-0.2, -0.15) is 0 Å². The molecule has 1 aromatic heterocycles. The quantitative estimate of drug-likeness (QED) is 0.815. The predicted octanol–water partition coefficient (Wildman–Crippen LogP) is 2.45. The molecule has 0 saturated carbocycles. The molecule has 0 aliphatic rings. The largest absolute Gasteiger partial charge is 0.441 e. The van der Waals surface area contributed by atoms with Gasteiger partial charge in [-0.15, -0.1) is 0 Å². The molecule has 0 aliphatic heterocycles. The van der Waals surface area contributed by atoms with Crippen molar-refractivity contribution < 1.29 is 9.52 Å². The van der Waals surface area contributed by atoms with E-state index < -0.39 is 0 Å². The first-order valence-electron chi connectivity index (χ1n) is 4.85. The van der Waals surface area contributed by atoms with Crippen LogP contribution in [-0.2, 0) is 6.61 Å². The van der Waals surface area contributed by atoms with Gasteiger partial charge in [0.05, 0.1) is 12.3 Å². The lowest BCUT2D eigenvalue weighted by Gasteiger charge is -1.99. The van der Waals surface area contributed by atoms with Gasteiger partial charge in [0, 0.05) is 12.5 Å². The standard InChI is InChI=1S/C12H13NO2/c1-8-12(15-9(2)13-8)11-5-3-10(7-14)4-6-11/h3-6,14H,7H2,1-2H3. The molecule has 78 valence electrons. The molecule has 0 bridgehead atoms. The van der Waals surface area contributed by atoms with Crippen molar-refractivity contribution in [2.45, 2.75) is 20.5 Å². The van der Waals surface area contributed by atoms with Crippen molar-refractivity contribution in [3.63, 3.8) is 0 Å². The Kier molecular flexibility index (Phi) is 2.56. The Labute approximate surface area is 88.4 Å². The molecule has 0 aliphatic carbocycles. The third kappa shape index (κ3) is 1.92. The highest BCUT2D eigenvalue weighted by Gasteiger charge is 2.08. The highest BCUT2D eigenvalue weighted by molar-refractivity contribution is 5.59. The van der Waals surface area contributed by atoms with Crippen LogP contribution in [0.25, 0.3) is 11.3 Å². The highest BCUT2D eigenvalue weighted by Crippen LogP contribution is 2.24. The molecule has 0 amide bonds. The summed E-state index contributed by atoms with van der Waals surface area (Å²) in [5.41, 5.74) is 2.78. The zero-order valence-electron chi connectivity index (χ0n) is 8.82. The highest BCUT2D eigenvalue weighted by atomic mass is 16.4. The second kappa shape index (κ2) is 3.87. The Balaban J connectivity index is 2.41. The fraction of sp³-hybridized carbons (Fsp3) is 0.250. The van der Waals surface area contributed by atoms with Crippen LogP contribution >= 0.6 is 0 Å². The summed E-state index contributed by atoms with van der Waals surface area (Å²) in [6, 6.07) is 7.62. The molecule has 0 unspecified atom stereocenters. The number of nitrogens with zero attached hydrogens (tertiary/aromatic N) is 1. The van der Waals surface area contributed by atoms with Crippen LogP contribution in [0.15, 0.2) is 28.7 Å². The van der Waals surface area contributed by atoms with E-state index in [4.69, 9.17) is 9.52 Å². The molecule has 1 aromatic carbocycles. The van der Waals surface area contributed by atoms with E-state index in [-0.39, 0.29) is 6.61 Å². The van der Waals surface area contributed by atoms with E-state index in [1.807, 2.05) is 38.1 Å². The minimum atomic E-state index is 0.0642. The van der Waals surface area contributed by atoms with Crippen molar-refractivity contribution in [1.82, 2.24) is 4.98 Å². The zero-order chi connectivity index (χ0) is 10.8. The number of hydrogen-bond donors (Lipinski definition) is 1. The molecule has 3 heteroatoms. The van der Waals surface area contributed by atoms with E-state index in [2.05, 4.69) is 4.98 Å². The second-order valence-electron chi connectivity index (χ2n) is 3.50. The average Bonchev–Trinajstić information content (AvgIpc) is 2.58. The summed E-state index contributed by atoms with van der Waals surface area (Å²) >= 11 is 0. The Morgan fingerprint density at radius 1 is 1.20 bits per heavy atom. The van der Waals surface area contributed by atoms with Crippen LogP contribution in [0.3, 0.4) is 0 Å². The normalized spacial score (nSPS) is 10.6. The van der Waals surface area contributed by atoms with Gasteiger partial charge in [0.1, 0.15) is 0 Å². The maximum Gasteiger partial charge on any atom is 0.192 e. The fourth-order valence-corrected chi connectivity index (χ4v) is 1.56. The minimum Gasteiger partial charge on any atom is -0.441 e. The summed E-state index contributed by atoms with van der Waals surface area (Å²) in [6.07, 6.45) is 0. The van der Waals surface area contributed by atoms with Crippen LogP contribution in [0.1, 0.15) is 17.1 Å². The van der Waals surface area contributed by atoms with E-state index in [9.17, 15) is 0 Å². The van der Waals surface area contributed by atoms with Gasteiger partial charge in [-0.1, -0.05) is 24.3 Å². The van der Waals surface area contributed by atoms with Crippen LogP contribution in [0.2, 0.25) is 0 Å². The fourth-order valence-electron chi connectivity index (χ4n) is 1.56. The molecule has 1 heterocycles. The molecule has 2 aromatic rings. The lowest BCUT2D eigenvalue weighted by Crippen LogP contribution is -1.83. The summed E-state index contributed by atoms with van der Waals surface area (Å²) in [5, 5.41) is 8.92. The molecule has 0 radical (unpaired) electrons. The van der Waals surface area contributed by atoms with Crippen LogP contribution in [-0.4, -0.2) is 10.1 Å². The Hall–Kier alpha value is -1.61. The first kappa shape index (κ1) is 9.93. The van der Waals surface area contributed by atoms with E-state index in [0.29, 0.717) is 5.89 Å². The minimum absolute atomic E-state index is 0.0642. The Morgan fingerprint density at radius 2 is 1.87 bits per heavy atom. The van der Waals surface area contributed by atoms with E-state index in [1.165, 1.54) is 0 Å². The average molecular weight is 203 g/mol. The first-order chi connectivity index (χ1) is 7.20. The maximum atomic E-state index is 8.92. The van der Waals surface area contributed by atoms with Gasteiger partial charge in [-0.3, -0.25) is 0 Å². The summed E-state index contributed by atoms with van der Waals surface area (Å²) in [6.45, 7) is 3.82. The van der Waals surface area contributed by atoms with Gasteiger partial charge in [0.25, 0.3) is 0 Å². The molecular weight excluding hydrogens is 190 g/mol. The molecular formula is C12H13NO2. The molecule has 1 N–H and O–H groups in total. The lowest BCUT2D eigenvalue weighted by molar-refractivity contribution is 0.282. The number of aryl methyl sites for hydroxylation is 2. The van der Waals surface area contributed by atoms with E-state index in [0.717, 1.165) is 22.6 Å². The maximum absolute atomic E-state index is 8.92. The van der Waals surface area contributed by atoms with Gasteiger partial charge in [0.2, 0.25) is 0 Å². The van der Waals surface area contributed by atoms with Crippen LogP contribution < -0.4 is 0 Å². The zero-order valence-corrected chi connectivity index (χ0v) is 8.82. The summed E-state index contributed by atoms with van der Waals surface area (Å²) < 4.78 is 5.50. The van der Waals surface area contributed by atoms with Crippen molar-refractivity contribution in [2.24, 2.45) is 0 Å². The van der Waals surface area contributed by atoms with Gasteiger partial charge in [-0.25, -0.2) is 4.98 Å². The number of aromatic nitrogens is 1. The van der Waals surface area contributed by atoms with Crippen LogP contribution in [0.4, 0.5) is 0 Å². The lowest BCUT2D eigenvalue weighted by atomic mass is 10.1. The Morgan fingerprint density at radius 3 is 2.33 bits per heavy atom. The summed E-state index contributed by atoms with van der Waals surface area (Å²) in [5.74, 6) is 1.48. The van der Waals surface area contributed by atoms with Gasteiger partial charge < -0.3 is 9.52 Å². The molecule has 3 nitrogen and oxygen atoms in total. The van der Waals surface area contributed by atoms with E-state index >= 15 is 0 Å². The second-order valence-corrected chi connectivity index (χ2v) is 3.50. The van der Waals surface area contributed by atoms with Crippen molar-refractivity contribution in [1.29, 1.82) is 0 Å². The van der Waals surface area contributed by atoms with Crippen molar-refractivity contribution >= 4 is 0 Å². The molecule has 2 rings (SSSR count). The van der Waals surface area contributed by atoms with Crippen molar-refractivity contribution in [3.05, 3.63) is 41.4 Å². The topological polar surface area (TPSA) is 46.3 Å². The summed E-state index contributed by atoms with van der Waals surface area (Å²) in [7, 11) is 0. The predicted molar refractivity (Wildman–Crippen MR) is 57.3 cm³/mol. The monoisotopic (exact) mass is 203 g/mol. The number of rotatable bonds is 2. The molecule has 0 saturated heterocycles. The number of oxazole rings is 1. The number of benzene rings is 1. The third-order valence-electron chi connectivity index (χ3n) is 2.30. The van der Waals surface area contributed by atoms with Crippen molar-refractivity contribution in [2.75, 3.05) is 0 Å². The molecule has 0 fully saturated rings. The number of aliphatic hydroxyl groups is 1. The SMILES string of the molecule is Cc1nc(C)c(-c2ccc(CO)cc2)o1. The van der Waals surface area contributed by atoms with E-state index in [1.54, 1.807) is 0 Å². The smallest absolute Gasteiger partial charge is 0.192 e. The molecule has 0 spiro atoms. The van der Waals surface area contributed by atoms with Crippen LogP contribution in [0.5, 0.6) is 0 Å². The van der Waals surface area contributed by atoms with Gasteiger partial charge in [0.15, 0.2) is 11.7 Å².